The summed E-state index contributed by atoms with van der Waals surface area (Å²) >= 11 is 0. The van der Waals surface area contributed by atoms with Gasteiger partial charge in [-0.1, -0.05) is 6.92 Å². The number of carbonyl (C=O) groups excluding carboxylic acids is 1. The molecule has 5 heteroatoms. The lowest BCUT2D eigenvalue weighted by atomic mass is 10.1. The molecule has 0 bridgehead atoms. The van der Waals surface area contributed by atoms with E-state index in [2.05, 4.69) is 15.0 Å². The second-order valence-electron chi connectivity index (χ2n) is 3.38. The molecule has 0 fully saturated rings. The third kappa shape index (κ3) is 1.93. The van der Waals surface area contributed by atoms with Gasteiger partial charge >= 0.3 is 5.69 Å². The van der Waals surface area contributed by atoms with Crippen LogP contribution < -0.4 is 5.69 Å². The predicted molar refractivity (Wildman–Crippen MR) is 58.5 cm³/mol. The van der Waals surface area contributed by atoms with Gasteiger partial charge in [-0.05, 0) is 18.6 Å². The van der Waals surface area contributed by atoms with Crippen LogP contribution in [-0.2, 0) is 6.42 Å². The van der Waals surface area contributed by atoms with Crippen molar-refractivity contribution >= 4 is 5.78 Å². The molecule has 0 saturated carbocycles. The number of hydrogen-bond donors (Lipinski definition) is 2. The number of carbonyl (C=O) groups is 1. The molecular formula is C11H11N3O2. The second kappa shape index (κ2) is 4.14. The van der Waals surface area contributed by atoms with Crippen molar-refractivity contribution < 1.29 is 4.79 Å². The zero-order valence-corrected chi connectivity index (χ0v) is 8.78. The Morgan fingerprint density at radius 3 is 2.75 bits per heavy atom. The maximum atomic E-state index is 11.8. The summed E-state index contributed by atoms with van der Waals surface area (Å²) in [4.78, 5) is 31.6. The number of H-pyrrole nitrogens is 2. The smallest absolute Gasteiger partial charge is 0.312 e. The van der Waals surface area contributed by atoms with Gasteiger partial charge in [-0.25, -0.2) is 4.79 Å². The fourth-order valence-corrected chi connectivity index (χ4v) is 1.38. The first-order valence-corrected chi connectivity index (χ1v) is 4.98. The van der Waals surface area contributed by atoms with Crippen molar-refractivity contribution in [2.45, 2.75) is 13.3 Å². The Morgan fingerprint density at radius 2 is 2.25 bits per heavy atom. The molecular weight excluding hydrogens is 206 g/mol. The average Bonchev–Trinajstić information content (AvgIpc) is 2.75. The number of aromatic nitrogens is 3. The van der Waals surface area contributed by atoms with Gasteiger partial charge in [0.15, 0.2) is 0 Å². The number of rotatable bonds is 3. The highest BCUT2D eigenvalue weighted by atomic mass is 16.1. The van der Waals surface area contributed by atoms with Crippen molar-refractivity contribution in [1.29, 1.82) is 0 Å². The predicted octanol–water partition coefficient (Wildman–Crippen LogP) is 0.891. The Labute approximate surface area is 91.6 Å². The van der Waals surface area contributed by atoms with E-state index in [4.69, 9.17) is 0 Å². The SMILES string of the molecule is CCc1ccc(C(=O)c2c[nH]c(=O)[nH]2)cn1. The lowest BCUT2D eigenvalue weighted by molar-refractivity contribution is 0.103. The van der Waals surface area contributed by atoms with Crippen LogP contribution in [0.3, 0.4) is 0 Å². The maximum absolute atomic E-state index is 11.8. The van der Waals surface area contributed by atoms with E-state index in [1.54, 1.807) is 12.1 Å². The van der Waals surface area contributed by atoms with E-state index in [0.717, 1.165) is 12.1 Å². The highest BCUT2D eigenvalue weighted by Gasteiger charge is 2.11. The normalized spacial score (nSPS) is 10.3. The van der Waals surface area contributed by atoms with Crippen LogP contribution in [-0.4, -0.2) is 20.7 Å². The Balaban J connectivity index is 2.30. The zero-order valence-electron chi connectivity index (χ0n) is 8.78. The van der Waals surface area contributed by atoms with E-state index in [9.17, 15) is 9.59 Å². The molecule has 0 saturated heterocycles. The maximum Gasteiger partial charge on any atom is 0.323 e. The average molecular weight is 217 g/mol. The monoisotopic (exact) mass is 217 g/mol. The molecule has 0 amide bonds. The number of hydrogen-bond acceptors (Lipinski definition) is 3. The summed E-state index contributed by atoms with van der Waals surface area (Å²) in [7, 11) is 0. The summed E-state index contributed by atoms with van der Waals surface area (Å²) in [5.74, 6) is -0.242. The first-order chi connectivity index (χ1) is 7.70. The summed E-state index contributed by atoms with van der Waals surface area (Å²) in [6.07, 6.45) is 3.71. The van der Waals surface area contributed by atoms with Gasteiger partial charge in [-0.15, -0.1) is 0 Å². The molecule has 2 heterocycles. The van der Waals surface area contributed by atoms with E-state index in [-0.39, 0.29) is 17.2 Å². The summed E-state index contributed by atoms with van der Waals surface area (Å²) in [6, 6.07) is 3.51. The van der Waals surface area contributed by atoms with E-state index in [1.165, 1.54) is 12.4 Å². The molecule has 0 atom stereocenters. The molecule has 16 heavy (non-hydrogen) atoms. The lowest BCUT2D eigenvalue weighted by Gasteiger charge is -1.99. The number of nitrogens with zero attached hydrogens (tertiary/aromatic N) is 1. The molecule has 5 nitrogen and oxygen atoms in total. The lowest BCUT2D eigenvalue weighted by Crippen LogP contribution is -2.06. The van der Waals surface area contributed by atoms with E-state index in [0.29, 0.717) is 5.56 Å². The van der Waals surface area contributed by atoms with Crippen LogP contribution in [0.1, 0.15) is 28.7 Å². The number of pyridine rings is 1. The highest BCUT2D eigenvalue weighted by molar-refractivity contribution is 6.07. The molecule has 0 aliphatic heterocycles. The molecule has 2 aromatic heterocycles. The van der Waals surface area contributed by atoms with Gasteiger partial charge in [-0.3, -0.25) is 9.78 Å². The molecule has 0 radical (unpaired) electrons. The van der Waals surface area contributed by atoms with Gasteiger partial charge in [-0.2, -0.15) is 0 Å². The van der Waals surface area contributed by atoms with E-state index < -0.39 is 0 Å². The van der Waals surface area contributed by atoms with Crippen LogP contribution in [0.5, 0.6) is 0 Å². The molecule has 0 unspecified atom stereocenters. The first kappa shape index (κ1) is 10.4. The fraction of sp³-hybridized carbons (Fsp3) is 0.182. The largest absolute Gasteiger partial charge is 0.323 e. The zero-order chi connectivity index (χ0) is 11.5. The third-order valence-corrected chi connectivity index (χ3v) is 2.29. The van der Waals surface area contributed by atoms with Crippen LogP contribution in [0.15, 0.2) is 29.3 Å². The highest BCUT2D eigenvalue weighted by Crippen LogP contribution is 2.06. The van der Waals surface area contributed by atoms with Crippen LogP contribution in [0.25, 0.3) is 0 Å². The fourth-order valence-electron chi connectivity index (χ4n) is 1.38. The minimum atomic E-state index is -0.388. The van der Waals surface area contributed by atoms with Crippen molar-refractivity contribution in [3.63, 3.8) is 0 Å². The van der Waals surface area contributed by atoms with Crippen molar-refractivity contribution in [2.24, 2.45) is 0 Å². The van der Waals surface area contributed by atoms with Crippen molar-refractivity contribution in [3.05, 3.63) is 52.0 Å². The molecule has 2 aromatic rings. The Bertz CT molecular complexity index is 551. The third-order valence-electron chi connectivity index (χ3n) is 2.29. The Hall–Kier alpha value is -2.17. The molecule has 2 N–H and O–H groups in total. The second-order valence-corrected chi connectivity index (χ2v) is 3.38. The summed E-state index contributed by atoms with van der Waals surface area (Å²) in [5.41, 5.74) is 1.25. The van der Waals surface area contributed by atoms with Crippen LogP contribution in [0.4, 0.5) is 0 Å². The number of nitrogens with one attached hydrogen (secondary N) is 2. The molecule has 2 rings (SSSR count). The van der Waals surface area contributed by atoms with Crippen molar-refractivity contribution in [3.8, 4) is 0 Å². The number of ketones is 1. The van der Waals surface area contributed by atoms with E-state index in [1.807, 2.05) is 6.92 Å². The van der Waals surface area contributed by atoms with Gasteiger partial charge in [0.2, 0.25) is 5.78 Å². The van der Waals surface area contributed by atoms with Crippen molar-refractivity contribution in [2.75, 3.05) is 0 Å². The summed E-state index contributed by atoms with van der Waals surface area (Å²) < 4.78 is 0. The Morgan fingerprint density at radius 1 is 1.44 bits per heavy atom. The quantitative estimate of drug-likeness (QED) is 0.749. The van der Waals surface area contributed by atoms with E-state index >= 15 is 0 Å². The topological polar surface area (TPSA) is 78.6 Å². The van der Waals surface area contributed by atoms with Crippen LogP contribution in [0.2, 0.25) is 0 Å². The molecule has 0 aromatic carbocycles. The number of aromatic amines is 2. The van der Waals surface area contributed by atoms with Gasteiger partial charge in [0.1, 0.15) is 5.69 Å². The number of aryl methyl sites for hydroxylation is 1. The van der Waals surface area contributed by atoms with Crippen LogP contribution >= 0.6 is 0 Å². The van der Waals surface area contributed by atoms with Gasteiger partial charge in [0.25, 0.3) is 0 Å². The minimum absolute atomic E-state index is 0.242. The summed E-state index contributed by atoms with van der Waals surface area (Å²) in [5, 5.41) is 0. The van der Waals surface area contributed by atoms with Crippen LogP contribution in [0, 0.1) is 0 Å². The van der Waals surface area contributed by atoms with Crippen molar-refractivity contribution in [1.82, 2.24) is 15.0 Å². The molecule has 82 valence electrons. The standard InChI is InChI=1S/C11H11N3O2/c1-2-8-4-3-7(5-12-8)10(15)9-6-13-11(16)14-9/h3-6H,2H2,1H3,(H2,13,14,16). The van der Waals surface area contributed by atoms with Gasteiger partial charge < -0.3 is 9.97 Å². The first-order valence-electron chi connectivity index (χ1n) is 4.98. The summed E-state index contributed by atoms with van der Waals surface area (Å²) in [6.45, 7) is 1.99. The molecule has 0 aliphatic carbocycles. The Kier molecular flexibility index (Phi) is 2.68. The van der Waals surface area contributed by atoms with Gasteiger partial charge in [0, 0.05) is 23.7 Å². The minimum Gasteiger partial charge on any atom is -0.312 e. The molecule has 0 spiro atoms. The molecule has 0 aliphatic rings. The number of imidazole rings is 1. The van der Waals surface area contributed by atoms with Gasteiger partial charge in [0.05, 0.1) is 0 Å².